The molecule has 0 aliphatic rings. The number of primary sulfonamides is 1. The number of aromatic nitrogens is 3. The van der Waals surface area contributed by atoms with Crippen LogP contribution in [0.3, 0.4) is 0 Å². The van der Waals surface area contributed by atoms with Crippen LogP contribution in [0.25, 0.3) is 0 Å². The van der Waals surface area contributed by atoms with Crippen LogP contribution in [-0.4, -0.2) is 35.6 Å². The number of carbonyl (C=O) groups excluding carboxylic acids is 1. The number of benzene rings is 1. The Bertz CT molecular complexity index is 695. The molecule has 0 radical (unpaired) electrons. The predicted molar refractivity (Wildman–Crippen MR) is 74.6 cm³/mol. The molecule has 2 aromatic rings. The fraction of sp³-hybridized carbons (Fsp3) is 0.250. The molecule has 9 heteroatoms. The van der Waals surface area contributed by atoms with E-state index in [1.165, 1.54) is 29.5 Å². The number of nitrogens with one attached hydrogen (secondary N) is 1. The van der Waals surface area contributed by atoms with Crippen LogP contribution in [0.2, 0.25) is 0 Å². The monoisotopic (exact) mass is 309 g/mol. The van der Waals surface area contributed by atoms with Crippen molar-refractivity contribution < 1.29 is 13.2 Å². The van der Waals surface area contributed by atoms with E-state index in [4.69, 9.17) is 5.14 Å². The average molecular weight is 309 g/mol. The minimum Gasteiger partial charge on any atom is -0.354 e. The lowest BCUT2D eigenvalue weighted by Crippen LogP contribution is -2.29. The van der Waals surface area contributed by atoms with Crippen molar-refractivity contribution in [3.63, 3.8) is 0 Å². The van der Waals surface area contributed by atoms with Crippen LogP contribution in [0, 0.1) is 0 Å². The molecule has 1 aromatic heterocycles. The van der Waals surface area contributed by atoms with Crippen molar-refractivity contribution in [2.24, 2.45) is 5.14 Å². The standard InChI is InChI=1S/C12H15N5O3S/c13-21(19,20)11-3-1-10(2-4-11)5-6-15-12(18)7-17-9-14-8-16-17/h1-4,8-9H,5-7H2,(H,15,18)(H2,13,19,20). The van der Waals surface area contributed by atoms with Crippen molar-refractivity contribution in [2.75, 3.05) is 6.54 Å². The third-order valence-corrected chi connectivity index (χ3v) is 3.69. The summed E-state index contributed by atoms with van der Waals surface area (Å²) in [6.45, 7) is 0.562. The van der Waals surface area contributed by atoms with Gasteiger partial charge in [-0.3, -0.25) is 4.79 Å². The molecule has 1 amide bonds. The normalized spacial score (nSPS) is 11.3. The highest BCUT2D eigenvalue weighted by molar-refractivity contribution is 7.89. The zero-order chi connectivity index (χ0) is 15.3. The molecule has 112 valence electrons. The van der Waals surface area contributed by atoms with E-state index in [1.807, 2.05) is 0 Å². The Hall–Kier alpha value is -2.26. The summed E-state index contributed by atoms with van der Waals surface area (Å²) in [6, 6.07) is 6.23. The fourth-order valence-corrected chi connectivity index (χ4v) is 2.22. The van der Waals surface area contributed by atoms with Crippen molar-refractivity contribution in [1.82, 2.24) is 20.1 Å². The van der Waals surface area contributed by atoms with E-state index in [0.29, 0.717) is 13.0 Å². The van der Waals surface area contributed by atoms with Gasteiger partial charge in [0, 0.05) is 6.54 Å². The lowest BCUT2D eigenvalue weighted by atomic mass is 10.1. The van der Waals surface area contributed by atoms with Crippen molar-refractivity contribution in [3.05, 3.63) is 42.5 Å². The lowest BCUT2D eigenvalue weighted by molar-refractivity contribution is -0.121. The quantitative estimate of drug-likeness (QED) is 0.730. The fourth-order valence-electron chi connectivity index (χ4n) is 1.71. The van der Waals surface area contributed by atoms with Gasteiger partial charge in [-0.2, -0.15) is 5.10 Å². The first-order chi connectivity index (χ1) is 9.95. The minimum absolute atomic E-state index is 0.0708. The number of hydrogen-bond donors (Lipinski definition) is 2. The van der Waals surface area contributed by atoms with Crippen LogP contribution in [-0.2, 0) is 27.8 Å². The Balaban J connectivity index is 1.79. The molecule has 21 heavy (non-hydrogen) atoms. The highest BCUT2D eigenvalue weighted by atomic mass is 32.2. The van der Waals surface area contributed by atoms with E-state index in [0.717, 1.165) is 5.56 Å². The molecule has 2 rings (SSSR count). The second-order valence-electron chi connectivity index (χ2n) is 4.38. The number of nitrogens with two attached hydrogens (primary N) is 1. The molecule has 0 saturated carbocycles. The molecule has 0 atom stereocenters. The molecular formula is C12H15N5O3S. The van der Waals surface area contributed by atoms with Crippen molar-refractivity contribution in [3.8, 4) is 0 Å². The zero-order valence-corrected chi connectivity index (χ0v) is 12.0. The third kappa shape index (κ3) is 4.65. The van der Waals surface area contributed by atoms with E-state index in [1.54, 1.807) is 12.1 Å². The summed E-state index contributed by atoms with van der Waals surface area (Å²) in [5, 5.41) is 11.6. The van der Waals surface area contributed by atoms with Gasteiger partial charge in [0.15, 0.2) is 0 Å². The average Bonchev–Trinajstić information content (AvgIpc) is 2.91. The topological polar surface area (TPSA) is 120 Å². The molecule has 3 N–H and O–H groups in total. The maximum absolute atomic E-state index is 11.6. The van der Waals surface area contributed by atoms with Crippen LogP contribution in [0.15, 0.2) is 41.8 Å². The minimum atomic E-state index is -3.67. The first-order valence-corrected chi connectivity index (χ1v) is 7.70. The molecule has 0 bridgehead atoms. The Labute approximate surface area is 122 Å². The molecule has 0 fully saturated rings. The Morgan fingerprint density at radius 1 is 1.29 bits per heavy atom. The zero-order valence-electron chi connectivity index (χ0n) is 11.1. The highest BCUT2D eigenvalue weighted by Gasteiger charge is 2.07. The SMILES string of the molecule is NS(=O)(=O)c1ccc(CCNC(=O)Cn2cncn2)cc1. The molecule has 0 aliphatic carbocycles. The summed E-state index contributed by atoms with van der Waals surface area (Å²) in [4.78, 5) is 15.4. The summed E-state index contributed by atoms with van der Waals surface area (Å²) in [7, 11) is -3.67. The van der Waals surface area contributed by atoms with Gasteiger partial charge in [0.25, 0.3) is 0 Å². The number of amides is 1. The lowest BCUT2D eigenvalue weighted by Gasteiger charge is -2.06. The first-order valence-electron chi connectivity index (χ1n) is 6.16. The number of nitrogens with zero attached hydrogens (tertiary/aromatic N) is 3. The van der Waals surface area contributed by atoms with Crippen LogP contribution < -0.4 is 10.5 Å². The maximum Gasteiger partial charge on any atom is 0.241 e. The maximum atomic E-state index is 11.6. The molecule has 0 spiro atoms. The summed E-state index contributed by atoms with van der Waals surface area (Å²) < 4.78 is 23.6. The molecule has 0 saturated heterocycles. The van der Waals surface area contributed by atoms with Gasteiger partial charge < -0.3 is 5.32 Å². The smallest absolute Gasteiger partial charge is 0.241 e. The van der Waals surface area contributed by atoms with Crippen LogP contribution in [0.4, 0.5) is 0 Å². The van der Waals surface area contributed by atoms with Gasteiger partial charge in [0.05, 0.1) is 4.90 Å². The van der Waals surface area contributed by atoms with Crippen molar-refractivity contribution in [2.45, 2.75) is 17.9 Å². The molecular weight excluding hydrogens is 294 g/mol. The number of rotatable bonds is 6. The molecule has 1 heterocycles. The van der Waals surface area contributed by atoms with Gasteiger partial charge in [-0.15, -0.1) is 0 Å². The predicted octanol–water partition coefficient (Wildman–Crippen LogP) is -0.716. The second kappa shape index (κ2) is 6.46. The van der Waals surface area contributed by atoms with E-state index < -0.39 is 10.0 Å². The van der Waals surface area contributed by atoms with Gasteiger partial charge in [-0.25, -0.2) is 23.2 Å². The van der Waals surface area contributed by atoms with Crippen molar-refractivity contribution in [1.29, 1.82) is 0 Å². The van der Waals surface area contributed by atoms with Gasteiger partial charge in [0.1, 0.15) is 19.2 Å². The van der Waals surface area contributed by atoms with E-state index in [2.05, 4.69) is 15.4 Å². The van der Waals surface area contributed by atoms with E-state index >= 15 is 0 Å². The van der Waals surface area contributed by atoms with Crippen LogP contribution in [0.5, 0.6) is 0 Å². The van der Waals surface area contributed by atoms with Gasteiger partial charge in [-0.05, 0) is 24.1 Å². The summed E-state index contributed by atoms with van der Waals surface area (Å²) >= 11 is 0. The number of hydrogen-bond acceptors (Lipinski definition) is 5. The largest absolute Gasteiger partial charge is 0.354 e. The number of sulfonamides is 1. The Kier molecular flexibility index (Phi) is 4.66. The molecule has 0 aliphatic heterocycles. The van der Waals surface area contributed by atoms with Gasteiger partial charge in [-0.1, -0.05) is 12.1 Å². The third-order valence-electron chi connectivity index (χ3n) is 2.76. The number of carbonyl (C=O) groups is 1. The summed E-state index contributed by atoms with van der Waals surface area (Å²) in [5.41, 5.74) is 0.906. The Morgan fingerprint density at radius 2 is 2.00 bits per heavy atom. The first kappa shape index (κ1) is 15.1. The highest BCUT2D eigenvalue weighted by Crippen LogP contribution is 2.08. The Morgan fingerprint density at radius 3 is 2.57 bits per heavy atom. The summed E-state index contributed by atoms with van der Waals surface area (Å²) in [6.07, 6.45) is 3.42. The second-order valence-corrected chi connectivity index (χ2v) is 5.94. The van der Waals surface area contributed by atoms with Gasteiger partial charge >= 0.3 is 0 Å². The molecule has 8 nitrogen and oxygen atoms in total. The van der Waals surface area contributed by atoms with Crippen molar-refractivity contribution >= 4 is 15.9 Å². The van der Waals surface area contributed by atoms with E-state index in [-0.39, 0.29) is 17.3 Å². The molecule has 1 aromatic carbocycles. The summed E-state index contributed by atoms with van der Waals surface area (Å²) in [5.74, 6) is -0.165. The molecule has 0 unspecified atom stereocenters. The van der Waals surface area contributed by atoms with Gasteiger partial charge in [0.2, 0.25) is 15.9 Å². The van der Waals surface area contributed by atoms with E-state index in [9.17, 15) is 13.2 Å². The van der Waals surface area contributed by atoms with Crippen LogP contribution in [0.1, 0.15) is 5.56 Å². The van der Waals surface area contributed by atoms with Crippen LogP contribution >= 0.6 is 0 Å².